The lowest BCUT2D eigenvalue weighted by Crippen LogP contribution is -2.45. The summed E-state index contributed by atoms with van der Waals surface area (Å²) < 4.78 is 0. The minimum atomic E-state index is -0.624. The molecule has 1 unspecified atom stereocenters. The van der Waals surface area contributed by atoms with Crippen LogP contribution >= 0.6 is 11.8 Å². The molecule has 2 aromatic carbocycles. The van der Waals surface area contributed by atoms with Crippen LogP contribution in [-0.2, 0) is 16.0 Å². The SMILES string of the molecule is CSCC[C@H](NC(=O)C(C)c1ccc(CC(C)C)cc1)C(=O)Nc1ccc(O)cc1. The quantitative estimate of drug-likeness (QED) is 0.484. The van der Waals surface area contributed by atoms with Crippen molar-refractivity contribution in [3.63, 3.8) is 0 Å². The van der Waals surface area contributed by atoms with E-state index in [0.29, 0.717) is 18.0 Å². The number of thioether (sulfide) groups is 1. The second-order valence-corrected chi connectivity index (χ2v) is 8.93. The summed E-state index contributed by atoms with van der Waals surface area (Å²) >= 11 is 1.63. The molecule has 0 spiro atoms. The average molecular weight is 429 g/mol. The molecule has 0 aliphatic carbocycles. The van der Waals surface area contributed by atoms with Gasteiger partial charge < -0.3 is 15.7 Å². The van der Waals surface area contributed by atoms with E-state index < -0.39 is 6.04 Å². The first kappa shape index (κ1) is 23.8. The Morgan fingerprint density at radius 2 is 1.60 bits per heavy atom. The highest BCUT2D eigenvalue weighted by Crippen LogP contribution is 2.19. The molecule has 162 valence electrons. The van der Waals surface area contributed by atoms with Gasteiger partial charge >= 0.3 is 0 Å². The van der Waals surface area contributed by atoms with Crippen molar-refractivity contribution in [1.82, 2.24) is 5.32 Å². The number of hydrogen-bond acceptors (Lipinski definition) is 4. The predicted octanol–water partition coefficient (Wildman–Crippen LogP) is 4.57. The molecule has 6 heteroatoms. The van der Waals surface area contributed by atoms with E-state index in [1.165, 1.54) is 17.7 Å². The van der Waals surface area contributed by atoms with E-state index in [2.05, 4.69) is 36.6 Å². The maximum atomic E-state index is 12.9. The maximum Gasteiger partial charge on any atom is 0.246 e. The van der Waals surface area contributed by atoms with Crippen LogP contribution < -0.4 is 10.6 Å². The van der Waals surface area contributed by atoms with Crippen molar-refractivity contribution in [3.05, 3.63) is 59.7 Å². The molecule has 0 aliphatic heterocycles. The molecule has 0 aliphatic rings. The molecule has 0 fully saturated rings. The normalized spacial score (nSPS) is 13.0. The van der Waals surface area contributed by atoms with Crippen LogP contribution in [0.2, 0.25) is 0 Å². The Hall–Kier alpha value is -2.47. The standard InChI is InChI=1S/C24H32N2O3S/c1-16(2)15-18-5-7-19(8-6-18)17(3)23(28)26-22(13-14-30-4)24(29)25-20-9-11-21(27)12-10-20/h5-12,16-17,22,27H,13-15H2,1-4H3,(H,25,29)(H,26,28)/t17?,22-/m0/s1. The van der Waals surface area contributed by atoms with E-state index in [0.717, 1.165) is 17.7 Å². The van der Waals surface area contributed by atoms with Gasteiger partial charge in [-0.15, -0.1) is 0 Å². The summed E-state index contributed by atoms with van der Waals surface area (Å²) in [5.41, 5.74) is 2.77. The zero-order valence-electron chi connectivity index (χ0n) is 18.1. The molecule has 2 aromatic rings. The zero-order valence-corrected chi connectivity index (χ0v) is 19.0. The van der Waals surface area contributed by atoms with E-state index in [1.807, 2.05) is 25.3 Å². The molecule has 0 bridgehead atoms. The number of rotatable bonds is 10. The fourth-order valence-electron chi connectivity index (χ4n) is 3.14. The summed E-state index contributed by atoms with van der Waals surface area (Å²) in [6, 6.07) is 13.8. The minimum Gasteiger partial charge on any atom is -0.508 e. The third-order valence-electron chi connectivity index (χ3n) is 4.90. The first-order valence-corrected chi connectivity index (χ1v) is 11.7. The molecule has 0 saturated carbocycles. The number of hydrogen-bond donors (Lipinski definition) is 3. The lowest BCUT2D eigenvalue weighted by molar-refractivity contribution is -0.127. The van der Waals surface area contributed by atoms with Crippen LogP contribution in [0.5, 0.6) is 5.75 Å². The number of phenols is 1. The molecule has 5 nitrogen and oxygen atoms in total. The second-order valence-electron chi connectivity index (χ2n) is 7.94. The smallest absolute Gasteiger partial charge is 0.246 e. The zero-order chi connectivity index (χ0) is 22.1. The van der Waals surface area contributed by atoms with Crippen molar-refractivity contribution in [2.45, 2.75) is 45.6 Å². The van der Waals surface area contributed by atoms with Crippen LogP contribution in [-0.4, -0.2) is 35.0 Å². The van der Waals surface area contributed by atoms with Crippen molar-refractivity contribution in [2.24, 2.45) is 5.92 Å². The highest BCUT2D eigenvalue weighted by Gasteiger charge is 2.24. The molecule has 0 heterocycles. The third kappa shape index (κ3) is 7.41. The molecular formula is C24H32N2O3S. The van der Waals surface area contributed by atoms with Gasteiger partial charge in [-0.3, -0.25) is 9.59 Å². The summed E-state index contributed by atoms with van der Waals surface area (Å²) in [7, 11) is 0. The molecular weight excluding hydrogens is 396 g/mol. The van der Waals surface area contributed by atoms with Crippen molar-refractivity contribution < 1.29 is 14.7 Å². The van der Waals surface area contributed by atoms with Crippen LogP contribution in [0, 0.1) is 5.92 Å². The molecule has 0 radical (unpaired) electrons. The predicted molar refractivity (Wildman–Crippen MR) is 125 cm³/mol. The van der Waals surface area contributed by atoms with E-state index in [4.69, 9.17) is 0 Å². The number of carbonyl (C=O) groups excluding carboxylic acids is 2. The van der Waals surface area contributed by atoms with Gasteiger partial charge in [-0.05, 0) is 73.1 Å². The number of phenolic OH excluding ortho intramolecular Hbond substituents is 1. The molecule has 2 amide bonds. The second kappa shape index (κ2) is 11.6. The third-order valence-corrected chi connectivity index (χ3v) is 5.54. The number of aromatic hydroxyl groups is 1. The van der Waals surface area contributed by atoms with E-state index in [9.17, 15) is 14.7 Å². The van der Waals surface area contributed by atoms with Crippen LogP contribution in [0.4, 0.5) is 5.69 Å². The van der Waals surface area contributed by atoms with Crippen molar-refractivity contribution >= 4 is 29.3 Å². The molecule has 2 atom stereocenters. The van der Waals surface area contributed by atoms with E-state index in [-0.39, 0.29) is 23.5 Å². The van der Waals surface area contributed by atoms with Gasteiger partial charge in [0.05, 0.1) is 5.92 Å². The molecule has 0 aromatic heterocycles. The lowest BCUT2D eigenvalue weighted by atomic mass is 9.96. The van der Waals surface area contributed by atoms with Crippen LogP contribution in [0.15, 0.2) is 48.5 Å². The lowest BCUT2D eigenvalue weighted by Gasteiger charge is -2.21. The number of amides is 2. The Kier molecular flexibility index (Phi) is 9.24. The Morgan fingerprint density at radius 3 is 2.17 bits per heavy atom. The van der Waals surface area contributed by atoms with Gasteiger partial charge in [0.15, 0.2) is 0 Å². The number of carbonyl (C=O) groups is 2. The van der Waals surface area contributed by atoms with E-state index in [1.54, 1.807) is 23.9 Å². The maximum absolute atomic E-state index is 12.9. The van der Waals surface area contributed by atoms with Crippen molar-refractivity contribution in [1.29, 1.82) is 0 Å². The van der Waals surface area contributed by atoms with Gasteiger partial charge in [-0.1, -0.05) is 38.1 Å². The van der Waals surface area contributed by atoms with Crippen LogP contribution in [0.1, 0.15) is 44.2 Å². The fraction of sp³-hybridized carbons (Fsp3) is 0.417. The average Bonchev–Trinajstić information content (AvgIpc) is 2.72. The number of nitrogens with one attached hydrogen (secondary N) is 2. The largest absolute Gasteiger partial charge is 0.508 e. The van der Waals surface area contributed by atoms with Gasteiger partial charge in [0.25, 0.3) is 0 Å². The molecule has 0 saturated heterocycles. The Balaban J connectivity index is 2.03. The highest BCUT2D eigenvalue weighted by molar-refractivity contribution is 7.98. The highest BCUT2D eigenvalue weighted by atomic mass is 32.2. The Morgan fingerprint density at radius 1 is 0.967 bits per heavy atom. The van der Waals surface area contributed by atoms with Gasteiger partial charge in [0.1, 0.15) is 11.8 Å². The van der Waals surface area contributed by atoms with E-state index >= 15 is 0 Å². The van der Waals surface area contributed by atoms with Gasteiger partial charge in [-0.2, -0.15) is 11.8 Å². The number of anilines is 1. The van der Waals surface area contributed by atoms with Crippen LogP contribution in [0.25, 0.3) is 0 Å². The summed E-state index contributed by atoms with van der Waals surface area (Å²) in [5.74, 6) is 0.693. The minimum absolute atomic E-state index is 0.133. The Bertz CT molecular complexity index is 819. The first-order chi connectivity index (χ1) is 14.3. The van der Waals surface area contributed by atoms with Gasteiger partial charge in [0.2, 0.25) is 11.8 Å². The van der Waals surface area contributed by atoms with Crippen molar-refractivity contribution in [2.75, 3.05) is 17.3 Å². The number of benzene rings is 2. The van der Waals surface area contributed by atoms with Gasteiger partial charge in [-0.25, -0.2) is 0 Å². The summed E-state index contributed by atoms with van der Waals surface area (Å²) in [5, 5.41) is 15.1. The summed E-state index contributed by atoms with van der Waals surface area (Å²) in [6.07, 6.45) is 3.52. The van der Waals surface area contributed by atoms with Crippen LogP contribution in [0.3, 0.4) is 0 Å². The summed E-state index contributed by atoms with van der Waals surface area (Å²) in [4.78, 5) is 25.6. The monoisotopic (exact) mass is 428 g/mol. The first-order valence-electron chi connectivity index (χ1n) is 10.3. The molecule has 2 rings (SSSR count). The van der Waals surface area contributed by atoms with Gasteiger partial charge in [0, 0.05) is 5.69 Å². The fourth-order valence-corrected chi connectivity index (χ4v) is 3.61. The van der Waals surface area contributed by atoms with Crippen molar-refractivity contribution in [3.8, 4) is 5.75 Å². The molecule has 3 N–H and O–H groups in total. The topological polar surface area (TPSA) is 78.4 Å². The molecule has 30 heavy (non-hydrogen) atoms. The summed E-state index contributed by atoms with van der Waals surface area (Å²) in [6.45, 7) is 6.22. The Labute approximate surface area is 183 Å².